The number of pyridine rings is 1. The van der Waals surface area contributed by atoms with Crippen molar-refractivity contribution < 1.29 is 9.00 Å². The second-order valence-corrected chi connectivity index (χ2v) is 6.18. The van der Waals surface area contributed by atoms with Crippen LogP contribution in [0.1, 0.15) is 30.6 Å². The number of hydrogen-bond donors (Lipinski definition) is 2. The maximum atomic E-state index is 11.9. The number of aromatic nitrogens is 1. The van der Waals surface area contributed by atoms with Gasteiger partial charge in [-0.15, -0.1) is 0 Å². The molecular weight excluding hydrogens is 262 g/mol. The van der Waals surface area contributed by atoms with Crippen LogP contribution in [-0.4, -0.2) is 39.7 Å². The molecule has 0 bridgehead atoms. The lowest BCUT2D eigenvalue weighted by Gasteiger charge is -2.10. The monoisotopic (exact) mass is 283 g/mol. The first kappa shape index (κ1) is 15.6. The lowest BCUT2D eigenvalue weighted by Crippen LogP contribution is -2.32. The molecular formula is C13H21N3O2S. The topological polar surface area (TPSA) is 71.1 Å². The third kappa shape index (κ3) is 5.38. The van der Waals surface area contributed by atoms with Gasteiger partial charge >= 0.3 is 0 Å². The van der Waals surface area contributed by atoms with Gasteiger partial charge in [0, 0.05) is 47.2 Å². The molecule has 1 aromatic heterocycles. The van der Waals surface area contributed by atoms with Gasteiger partial charge in [-0.2, -0.15) is 0 Å². The van der Waals surface area contributed by atoms with Crippen LogP contribution in [0.4, 0.5) is 5.82 Å². The molecule has 0 radical (unpaired) electrons. The van der Waals surface area contributed by atoms with Crippen LogP contribution in [0.25, 0.3) is 0 Å². The summed E-state index contributed by atoms with van der Waals surface area (Å²) >= 11 is 0. The number of anilines is 1. The summed E-state index contributed by atoms with van der Waals surface area (Å²) in [5, 5.41) is 5.86. The fourth-order valence-electron chi connectivity index (χ4n) is 1.38. The van der Waals surface area contributed by atoms with E-state index >= 15 is 0 Å². The Morgan fingerprint density at radius 1 is 1.53 bits per heavy atom. The molecule has 19 heavy (non-hydrogen) atoms. The molecule has 0 aromatic carbocycles. The number of hydrogen-bond acceptors (Lipinski definition) is 4. The second-order valence-electron chi connectivity index (χ2n) is 4.38. The Bertz CT molecular complexity index is 451. The Labute approximate surface area is 116 Å². The van der Waals surface area contributed by atoms with Crippen molar-refractivity contribution in [2.75, 3.05) is 24.7 Å². The molecule has 6 heteroatoms. The van der Waals surface area contributed by atoms with Gasteiger partial charge < -0.3 is 10.6 Å². The highest BCUT2D eigenvalue weighted by molar-refractivity contribution is 7.84. The Kier molecular flexibility index (Phi) is 6.49. The van der Waals surface area contributed by atoms with Gasteiger partial charge in [0.05, 0.1) is 0 Å². The Morgan fingerprint density at radius 3 is 2.89 bits per heavy atom. The van der Waals surface area contributed by atoms with E-state index in [2.05, 4.69) is 22.5 Å². The summed E-state index contributed by atoms with van der Waals surface area (Å²) < 4.78 is 11.2. The maximum absolute atomic E-state index is 11.9. The normalized spacial score (nSPS) is 13.6. The SMILES string of the molecule is CCCNc1cc(C(=O)NCC(C)S(C)=O)ccn1. The van der Waals surface area contributed by atoms with Gasteiger partial charge in [-0.25, -0.2) is 4.98 Å². The molecule has 2 atom stereocenters. The van der Waals surface area contributed by atoms with E-state index in [1.54, 1.807) is 24.6 Å². The molecule has 1 heterocycles. The van der Waals surface area contributed by atoms with Crippen molar-refractivity contribution in [1.29, 1.82) is 0 Å². The minimum absolute atomic E-state index is 0.0523. The van der Waals surface area contributed by atoms with E-state index in [4.69, 9.17) is 0 Å². The Morgan fingerprint density at radius 2 is 2.26 bits per heavy atom. The largest absolute Gasteiger partial charge is 0.370 e. The van der Waals surface area contributed by atoms with Crippen LogP contribution in [0.2, 0.25) is 0 Å². The van der Waals surface area contributed by atoms with Gasteiger partial charge in [-0.05, 0) is 25.5 Å². The summed E-state index contributed by atoms with van der Waals surface area (Å²) in [6, 6.07) is 3.39. The first-order valence-corrected chi connectivity index (χ1v) is 7.97. The minimum atomic E-state index is -0.931. The Hall–Kier alpha value is -1.43. The molecule has 0 saturated heterocycles. The van der Waals surface area contributed by atoms with Gasteiger partial charge in [0.1, 0.15) is 5.82 Å². The molecule has 2 unspecified atom stereocenters. The van der Waals surface area contributed by atoms with Crippen LogP contribution < -0.4 is 10.6 Å². The van der Waals surface area contributed by atoms with E-state index in [0.717, 1.165) is 13.0 Å². The molecule has 0 aliphatic carbocycles. The number of amides is 1. The highest BCUT2D eigenvalue weighted by atomic mass is 32.2. The summed E-state index contributed by atoms with van der Waals surface area (Å²) in [6.45, 7) is 5.14. The first-order valence-electron chi connectivity index (χ1n) is 6.35. The smallest absolute Gasteiger partial charge is 0.251 e. The van der Waals surface area contributed by atoms with Crippen molar-refractivity contribution >= 4 is 22.5 Å². The highest BCUT2D eigenvalue weighted by Crippen LogP contribution is 2.07. The van der Waals surface area contributed by atoms with Crippen LogP contribution in [0.15, 0.2) is 18.3 Å². The highest BCUT2D eigenvalue weighted by Gasteiger charge is 2.10. The quantitative estimate of drug-likeness (QED) is 0.793. The zero-order valence-electron chi connectivity index (χ0n) is 11.6. The van der Waals surface area contributed by atoms with Crippen molar-refractivity contribution in [3.8, 4) is 0 Å². The van der Waals surface area contributed by atoms with E-state index < -0.39 is 10.8 Å². The molecule has 106 valence electrons. The maximum Gasteiger partial charge on any atom is 0.251 e. The molecule has 1 aromatic rings. The number of nitrogens with zero attached hydrogens (tertiary/aromatic N) is 1. The number of nitrogens with one attached hydrogen (secondary N) is 2. The zero-order valence-corrected chi connectivity index (χ0v) is 12.4. The minimum Gasteiger partial charge on any atom is -0.370 e. The van der Waals surface area contributed by atoms with Gasteiger partial charge in [0.15, 0.2) is 0 Å². The van der Waals surface area contributed by atoms with Gasteiger partial charge in [-0.3, -0.25) is 9.00 Å². The molecule has 0 fully saturated rings. The molecule has 1 amide bonds. The fourth-order valence-corrected chi connectivity index (χ4v) is 1.70. The Balaban J connectivity index is 2.59. The summed E-state index contributed by atoms with van der Waals surface area (Å²) in [5.41, 5.74) is 0.558. The van der Waals surface area contributed by atoms with Crippen LogP contribution in [0, 0.1) is 0 Å². The van der Waals surface area contributed by atoms with E-state index in [9.17, 15) is 9.00 Å². The van der Waals surface area contributed by atoms with Gasteiger partial charge in [0.25, 0.3) is 5.91 Å². The molecule has 0 saturated carbocycles. The molecule has 0 spiro atoms. The van der Waals surface area contributed by atoms with E-state index in [1.165, 1.54) is 0 Å². The third-order valence-corrected chi connectivity index (χ3v) is 3.99. The van der Waals surface area contributed by atoms with Crippen molar-refractivity contribution in [2.45, 2.75) is 25.5 Å². The number of carbonyl (C=O) groups is 1. The average Bonchev–Trinajstić information content (AvgIpc) is 2.42. The molecule has 1 rings (SSSR count). The zero-order chi connectivity index (χ0) is 14.3. The number of carbonyl (C=O) groups excluding carboxylic acids is 1. The fraction of sp³-hybridized carbons (Fsp3) is 0.538. The van der Waals surface area contributed by atoms with Crippen molar-refractivity contribution in [2.24, 2.45) is 0 Å². The first-order chi connectivity index (χ1) is 9.04. The lowest BCUT2D eigenvalue weighted by molar-refractivity contribution is 0.0954. The molecule has 5 nitrogen and oxygen atoms in total. The van der Waals surface area contributed by atoms with Gasteiger partial charge in [-0.1, -0.05) is 6.92 Å². The van der Waals surface area contributed by atoms with E-state index in [1.807, 2.05) is 6.92 Å². The molecule has 2 N–H and O–H groups in total. The van der Waals surface area contributed by atoms with Crippen molar-refractivity contribution in [3.05, 3.63) is 23.9 Å². The lowest BCUT2D eigenvalue weighted by atomic mass is 10.2. The predicted molar refractivity (Wildman–Crippen MR) is 78.9 cm³/mol. The summed E-state index contributed by atoms with van der Waals surface area (Å²) in [6.07, 6.45) is 4.24. The standard InChI is InChI=1S/C13H21N3O2S/c1-4-6-14-12-8-11(5-7-15-12)13(17)16-9-10(2)19(3)18/h5,7-8,10H,4,6,9H2,1-3H3,(H,14,15)(H,16,17). The van der Waals surface area contributed by atoms with Crippen molar-refractivity contribution in [3.63, 3.8) is 0 Å². The summed E-state index contributed by atoms with van der Waals surface area (Å²) in [4.78, 5) is 16.1. The summed E-state index contributed by atoms with van der Waals surface area (Å²) in [7, 11) is -0.931. The third-order valence-electron chi connectivity index (χ3n) is 2.69. The van der Waals surface area contributed by atoms with Crippen LogP contribution in [-0.2, 0) is 10.8 Å². The molecule has 0 aliphatic heterocycles. The predicted octanol–water partition coefficient (Wildman–Crippen LogP) is 1.40. The van der Waals surface area contributed by atoms with Crippen molar-refractivity contribution in [1.82, 2.24) is 10.3 Å². The average molecular weight is 283 g/mol. The van der Waals surface area contributed by atoms with Gasteiger partial charge in [0.2, 0.25) is 0 Å². The van der Waals surface area contributed by atoms with E-state index in [-0.39, 0.29) is 11.2 Å². The van der Waals surface area contributed by atoms with Crippen LogP contribution >= 0.6 is 0 Å². The summed E-state index contributed by atoms with van der Waals surface area (Å²) in [5.74, 6) is 0.529. The van der Waals surface area contributed by atoms with Crippen LogP contribution in [0.5, 0.6) is 0 Å². The van der Waals surface area contributed by atoms with Crippen LogP contribution in [0.3, 0.4) is 0 Å². The molecule has 0 aliphatic rings. The number of rotatable bonds is 7. The second kappa shape index (κ2) is 7.89. The van der Waals surface area contributed by atoms with E-state index in [0.29, 0.717) is 17.9 Å².